The Hall–Kier alpha value is -2.60. The Labute approximate surface area is 185 Å². The standard InChI is InChI=1S/C25H36N2O4/c1-7-18(2)22(26(6)24(30)31-25(3,4)5)16-27(17-23(28)29)15-20-13-10-12-19-11-8-9-14-21(19)20/h8-14,18,22H,7,15-17H2,1-6H3,(H,28,29)/t18-,22+/m0/s1. The Bertz CT molecular complexity index is 885. The number of fused-ring (bicyclic) bond motifs is 1. The average Bonchev–Trinajstić information content (AvgIpc) is 2.69. The smallest absolute Gasteiger partial charge is 0.410 e. The highest BCUT2D eigenvalue weighted by Gasteiger charge is 2.30. The molecule has 0 heterocycles. The third-order valence-electron chi connectivity index (χ3n) is 5.56. The van der Waals surface area contributed by atoms with E-state index < -0.39 is 17.7 Å². The molecule has 0 fully saturated rings. The van der Waals surface area contributed by atoms with Crippen molar-refractivity contribution < 1.29 is 19.4 Å². The van der Waals surface area contributed by atoms with Gasteiger partial charge in [0.2, 0.25) is 0 Å². The van der Waals surface area contributed by atoms with Crippen LogP contribution in [0.25, 0.3) is 10.8 Å². The van der Waals surface area contributed by atoms with Crippen LogP contribution in [0.3, 0.4) is 0 Å². The van der Waals surface area contributed by atoms with E-state index in [2.05, 4.69) is 32.0 Å². The summed E-state index contributed by atoms with van der Waals surface area (Å²) >= 11 is 0. The highest BCUT2D eigenvalue weighted by Crippen LogP contribution is 2.23. The van der Waals surface area contributed by atoms with E-state index in [1.54, 1.807) is 11.9 Å². The third kappa shape index (κ3) is 7.24. The second kappa shape index (κ2) is 10.6. The maximum absolute atomic E-state index is 12.7. The zero-order valence-corrected chi connectivity index (χ0v) is 19.6. The number of ether oxygens (including phenoxy) is 1. The van der Waals surface area contributed by atoms with E-state index in [1.165, 1.54) is 0 Å². The molecule has 2 atom stereocenters. The van der Waals surface area contributed by atoms with Crippen LogP contribution in [0.5, 0.6) is 0 Å². The van der Waals surface area contributed by atoms with Crippen LogP contribution >= 0.6 is 0 Å². The minimum Gasteiger partial charge on any atom is -0.480 e. The van der Waals surface area contributed by atoms with Crippen LogP contribution in [0.15, 0.2) is 42.5 Å². The first-order chi connectivity index (χ1) is 14.5. The number of carboxylic acids is 1. The molecular formula is C25H36N2O4. The van der Waals surface area contributed by atoms with Crippen molar-refractivity contribution in [3.8, 4) is 0 Å². The molecule has 2 aromatic carbocycles. The lowest BCUT2D eigenvalue weighted by Crippen LogP contribution is -2.50. The molecule has 170 valence electrons. The number of rotatable bonds is 9. The number of nitrogens with zero attached hydrogens (tertiary/aromatic N) is 2. The molecule has 0 saturated heterocycles. The number of likely N-dealkylation sites (N-methyl/N-ethyl adjacent to an activating group) is 1. The van der Waals surface area contributed by atoms with E-state index in [1.807, 2.05) is 49.9 Å². The fourth-order valence-electron chi connectivity index (χ4n) is 3.74. The first kappa shape index (κ1) is 24.7. The normalized spacial score (nSPS) is 13.8. The van der Waals surface area contributed by atoms with Crippen molar-refractivity contribution in [2.75, 3.05) is 20.1 Å². The number of benzene rings is 2. The van der Waals surface area contributed by atoms with Crippen LogP contribution in [0.4, 0.5) is 4.79 Å². The summed E-state index contributed by atoms with van der Waals surface area (Å²) in [7, 11) is 1.74. The van der Waals surface area contributed by atoms with Crippen molar-refractivity contribution in [1.29, 1.82) is 0 Å². The Morgan fingerprint density at radius 3 is 2.35 bits per heavy atom. The topological polar surface area (TPSA) is 70.1 Å². The molecule has 1 N–H and O–H groups in total. The molecule has 0 spiro atoms. The van der Waals surface area contributed by atoms with E-state index in [0.29, 0.717) is 13.1 Å². The fourth-order valence-corrected chi connectivity index (χ4v) is 3.74. The summed E-state index contributed by atoms with van der Waals surface area (Å²) in [6, 6.07) is 14.0. The van der Waals surface area contributed by atoms with Gasteiger partial charge in [-0.2, -0.15) is 0 Å². The van der Waals surface area contributed by atoms with Crippen molar-refractivity contribution in [2.24, 2.45) is 5.92 Å². The molecule has 1 amide bonds. The maximum atomic E-state index is 12.7. The maximum Gasteiger partial charge on any atom is 0.410 e. The zero-order chi connectivity index (χ0) is 23.2. The van der Waals surface area contributed by atoms with Gasteiger partial charge < -0.3 is 14.7 Å². The van der Waals surface area contributed by atoms with Crippen molar-refractivity contribution in [2.45, 2.75) is 59.2 Å². The van der Waals surface area contributed by atoms with Crippen LogP contribution in [0.1, 0.15) is 46.6 Å². The van der Waals surface area contributed by atoms with Crippen molar-refractivity contribution in [1.82, 2.24) is 9.80 Å². The number of carbonyl (C=O) groups excluding carboxylic acids is 1. The minimum atomic E-state index is -0.886. The van der Waals surface area contributed by atoms with Gasteiger partial charge in [-0.3, -0.25) is 9.69 Å². The fraction of sp³-hybridized carbons (Fsp3) is 0.520. The Morgan fingerprint density at radius 1 is 1.10 bits per heavy atom. The average molecular weight is 429 g/mol. The van der Waals surface area contributed by atoms with Gasteiger partial charge >= 0.3 is 12.1 Å². The van der Waals surface area contributed by atoms with E-state index in [0.717, 1.165) is 22.8 Å². The molecule has 0 aliphatic rings. The van der Waals surface area contributed by atoms with Gasteiger partial charge in [-0.1, -0.05) is 62.7 Å². The van der Waals surface area contributed by atoms with Crippen LogP contribution in [-0.2, 0) is 16.1 Å². The molecule has 31 heavy (non-hydrogen) atoms. The minimum absolute atomic E-state index is 0.0989. The third-order valence-corrected chi connectivity index (χ3v) is 5.56. The summed E-state index contributed by atoms with van der Waals surface area (Å²) in [4.78, 5) is 27.9. The van der Waals surface area contributed by atoms with Gasteiger partial charge in [0, 0.05) is 26.2 Å². The van der Waals surface area contributed by atoms with E-state index in [-0.39, 0.29) is 18.5 Å². The van der Waals surface area contributed by atoms with Crippen molar-refractivity contribution >= 4 is 22.8 Å². The summed E-state index contributed by atoms with van der Waals surface area (Å²) in [5.41, 5.74) is 0.483. The van der Waals surface area contributed by atoms with Crippen molar-refractivity contribution in [3.05, 3.63) is 48.0 Å². The molecule has 6 nitrogen and oxygen atoms in total. The second-order valence-electron chi connectivity index (χ2n) is 9.25. The summed E-state index contributed by atoms with van der Waals surface area (Å²) < 4.78 is 5.57. The van der Waals surface area contributed by atoms with Gasteiger partial charge in [-0.15, -0.1) is 0 Å². The van der Waals surface area contributed by atoms with Gasteiger partial charge in [0.15, 0.2) is 0 Å². The van der Waals surface area contributed by atoms with Gasteiger partial charge in [-0.25, -0.2) is 4.79 Å². The Kier molecular flexibility index (Phi) is 8.45. The van der Waals surface area contributed by atoms with Crippen LogP contribution < -0.4 is 0 Å². The summed E-state index contributed by atoms with van der Waals surface area (Å²) in [6.07, 6.45) is 0.478. The number of hydrogen-bond donors (Lipinski definition) is 1. The molecule has 0 saturated carbocycles. The lowest BCUT2D eigenvalue weighted by atomic mass is 9.97. The Morgan fingerprint density at radius 2 is 1.74 bits per heavy atom. The number of amides is 1. The lowest BCUT2D eigenvalue weighted by molar-refractivity contribution is -0.138. The first-order valence-corrected chi connectivity index (χ1v) is 10.9. The second-order valence-corrected chi connectivity index (χ2v) is 9.25. The molecule has 6 heteroatoms. The van der Waals surface area contributed by atoms with Crippen LogP contribution in [-0.4, -0.2) is 58.7 Å². The monoisotopic (exact) mass is 428 g/mol. The van der Waals surface area contributed by atoms with E-state index in [4.69, 9.17) is 4.74 Å². The highest BCUT2D eigenvalue weighted by atomic mass is 16.6. The number of hydrogen-bond acceptors (Lipinski definition) is 4. The lowest BCUT2D eigenvalue weighted by Gasteiger charge is -2.37. The SMILES string of the molecule is CC[C@H](C)[C@@H](CN(CC(=O)O)Cc1cccc2ccccc12)N(C)C(=O)OC(C)(C)C. The molecule has 0 bridgehead atoms. The summed E-state index contributed by atoms with van der Waals surface area (Å²) in [6.45, 7) is 10.5. The largest absolute Gasteiger partial charge is 0.480 e. The molecule has 0 unspecified atom stereocenters. The molecule has 0 radical (unpaired) electrons. The predicted octanol–water partition coefficient (Wildman–Crippen LogP) is 5.01. The molecule has 0 aliphatic heterocycles. The predicted molar refractivity (Wildman–Crippen MR) is 124 cm³/mol. The van der Waals surface area contributed by atoms with Gasteiger partial charge in [0.1, 0.15) is 5.60 Å². The van der Waals surface area contributed by atoms with Crippen molar-refractivity contribution in [3.63, 3.8) is 0 Å². The number of aliphatic carboxylic acids is 1. The number of carbonyl (C=O) groups is 2. The zero-order valence-electron chi connectivity index (χ0n) is 19.6. The molecule has 0 aromatic heterocycles. The summed E-state index contributed by atoms with van der Waals surface area (Å²) in [5.74, 6) is -0.704. The molecule has 0 aliphatic carbocycles. The molecular weight excluding hydrogens is 392 g/mol. The first-order valence-electron chi connectivity index (χ1n) is 10.9. The van der Waals surface area contributed by atoms with Gasteiger partial charge in [-0.05, 0) is 43.0 Å². The molecule has 2 aromatic rings. The Balaban J connectivity index is 2.29. The van der Waals surface area contributed by atoms with Gasteiger partial charge in [0.05, 0.1) is 6.54 Å². The van der Waals surface area contributed by atoms with Crippen LogP contribution in [0.2, 0.25) is 0 Å². The number of carboxylic acid groups (broad SMARTS) is 1. The van der Waals surface area contributed by atoms with Gasteiger partial charge in [0.25, 0.3) is 0 Å². The van der Waals surface area contributed by atoms with Crippen LogP contribution in [0, 0.1) is 5.92 Å². The molecule has 2 rings (SSSR count). The highest BCUT2D eigenvalue weighted by molar-refractivity contribution is 5.85. The quantitative estimate of drug-likeness (QED) is 0.608. The summed E-state index contributed by atoms with van der Waals surface area (Å²) in [5, 5.41) is 11.8. The van der Waals surface area contributed by atoms with E-state index >= 15 is 0 Å². The van der Waals surface area contributed by atoms with E-state index in [9.17, 15) is 14.7 Å².